The summed E-state index contributed by atoms with van der Waals surface area (Å²) in [6.45, 7) is 5.55. The Morgan fingerprint density at radius 3 is 2.96 bits per heavy atom. The van der Waals surface area contributed by atoms with Crippen LogP contribution in [0.1, 0.15) is 37.5 Å². The van der Waals surface area contributed by atoms with Crippen LogP contribution in [0, 0.1) is 0 Å². The number of nitrogens with zero attached hydrogens (tertiary/aromatic N) is 5. The van der Waals surface area contributed by atoms with Crippen LogP contribution in [0.3, 0.4) is 0 Å². The predicted molar refractivity (Wildman–Crippen MR) is 106 cm³/mol. The van der Waals surface area contributed by atoms with Gasteiger partial charge in [-0.3, -0.25) is 9.97 Å². The molecule has 5 rings (SSSR count). The van der Waals surface area contributed by atoms with E-state index in [1.807, 2.05) is 28.9 Å². The number of rotatable bonds is 3. The summed E-state index contributed by atoms with van der Waals surface area (Å²) in [6.07, 6.45) is 6.42. The zero-order valence-electron chi connectivity index (χ0n) is 15.6. The van der Waals surface area contributed by atoms with Gasteiger partial charge in [0.1, 0.15) is 0 Å². The minimum Gasteiger partial charge on any atom is -0.384 e. The molecule has 136 valence electrons. The summed E-state index contributed by atoms with van der Waals surface area (Å²) >= 11 is 0. The van der Waals surface area contributed by atoms with Crippen LogP contribution in [0.4, 0.5) is 5.69 Å². The molecule has 6 nitrogen and oxygen atoms in total. The number of hydrogen-bond acceptors (Lipinski definition) is 5. The molecule has 0 saturated heterocycles. The van der Waals surface area contributed by atoms with Crippen LogP contribution >= 0.6 is 0 Å². The molecule has 0 unspecified atom stereocenters. The monoisotopic (exact) mass is 358 g/mol. The molecule has 0 aromatic carbocycles. The Morgan fingerprint density at radius 1 is 1.11 bits per heavy atom. The van der Waals surface area contributed by atoms with Gasteiger partial charge in [0.05, 0.1) is 16.9 Å². The highest BCUT2D eigenvalue weighted by Crippen LogP contribution is 2.35. The van der Waals surface area contributed by atoms with E-state index >= 15 is 0 Å². The van der Waals surface area contributed by atoms with Crippen LogP contribution in [-0.4, -0.2) is 31.1 Å². The maximum absolute atomic E-state index is 4.95. The zero-order valence-corrected chi connectivity index (χ0v) is 15.6. The average molecular weight is 358 g/mol. The Bertz CT molecular complexity index is 1140. The largest absolute Gasteiger partial charge is 0.384 e. The summed E-state index contributed by atoms with van der Waals surface area (Å²) in [4.78, 5) is 14.1. The molecule has 6 heteroatoms. The fourth-order valence-electron chi connectivity index (χ4n) is 3.81. The number of anilines is 1. The summed E-state index contributed by atoms with van der Waals surface area (Å²) in [5, 5.41) is 9.12. The molecule has 1 N–H and O–H groups in total. The molecule has 1 aliphatic heterocycles. The lowest BCUT2D eigenvalue weighted by atomic mass is 9.82. The topological polar surface area (TPSA) is 68.0 Å². The van der Waals surface area contributed by atoms with Gasteiger partial charge >= 0.3 is 0 Å². The van der Waals surface area contributed by atoms with E-state index in [1.165, 1.54) is 11.4 Å². The third-order valence-electron chi connectivity index (χ3n) is 5.39. The van der Waals surface area contributed by atoms with E-state index < -0.39 is 0 Å². The molecule has 0 atom stereocenters. The first-order valence-electron chi connectivity index (χ1n) is 9.43. The lowest BCUT2D eigenvalue weighted by Gasteiger charge is -2.32. The van der Waals surface area contributed by atoms with Gasteiger partial charge in [-0.05, 0) is 43.2 Å². The van der Waals surface area contributed by atoms with E-state index in [4.69, 9.17) is 9.97 Å². The van der Waals surface area contributed by atoms with E-state index in [2.05, 4.69) is 41.4 Å². The molecule has 0 radical (unpaired) electrons. The third kappa shape index (κ3) is 2.81. The average Bonchev–Trinajstić information content (AvgIpc) is 3.10. The maximum atomic E-state index is 4.95. The van der Waals surface area contributed by atoms with E-state index in [-0.39, 0.29) is 5.41 Å². The Morgan fingerprint density at radius 2 is 2.04 bits per heavy atom. The van der Waals surface area contributed by atoms with E-state index in [0.717, 1.165) is 53.9 Å². The second-order valence-electron chi connectivity index (χ2n) is 7.81. The first-order valence-corrected chi connectivity index (χ1v) is 9.43. The van der Waals surface area contributed by atoms with Crippen LogP contribution < -0.4 is 5.32 Å². The van der Waals surface area contributed by atoms with Gasteiger partial charge < -0.3 is 5.32 Å². The number of hydrogen-bond donors (Lipinski definition) is 1. The zero-order chi connectivity index (χ0) is 18.4. The fourth-order valence-corrected chi connectivity index (χ4v) is 3.81. The summed E-state index contributed by atoms with van der Waals surface area (Å²) in [5.41, 5.74) is 5.35. The molecule has 0 spiro atoms. The van der Waals surface area contributed by atoms with Gasteiger partial charge in [0.15, 0.2) is 11.5 Å². The summed E-state index contributed by atoms with van der Waals surface area (Å²) in [6, 6.07) is 10.2. The molecular formula is C21H22N6. The van der Waals surface area contributed by atoms with Gasteiger partial charge in [0, 0.05) is 41.9 Å². The van der Waals surface area contributed by atoms with Crippen molar-refractivity contribution in [3.05, 3.63) is 59.9 Å². The SMILES string of the molecule is CC1(C)CCNc2ccc(CCc3nc4c5cccnc5ccn4n3)nc21. The van der Waals surface area contributed by atoms with Gasteiger partial charge in [-0.15, -0.1) is 0 Å². The van der Waals surface area contributed by atoms with E-state index in [0.29, 0.717) is 0 Å². The number of nitrogens with one attached hydrogen (secondary N) is 1. The number of aryl methyl sites for hydroxylation is 2. The minimum atomic E-state index is 0.115. The molecule has 27 heavy (non-hydrogen) atoms. The number of aromatic nitrogens is 5. The molecule has 0 bridgehead atoms. The fraction of sp³-hybridized carbons (Fsp3) is 0.333. The van der Waals surface area contributed by atoms with Crippen LogP contribution in [0.2, 0.25) is 0 Å². The van der Waals surface area contributed by atoms with Gasteiger partial charge in [-0.1, -0.05) is 13.8 Å². The van der Waals surface area contributed by atoms with Crippen molar-refractivity contribution in [3.8, 4) is 0 Å². The van der Waals surface area contributed by atoms with Gasteiger partial charge in [-0.25, -0.2) is 9.50 Å². The molecular weight excluding hydrogens is 336 g/mol. The second kappa shape index (κ2) is 6.01. The number of fused-ring (bicyclic) bond motifs is 4. The summed E-state index contributed by atoms with van der Waals surface area (Å²) in [5.74, 6) is 0.836. The third-order valence-corrected chi connectivity index (χ3v) is 5.39. The van der Waals surface area contributed by atoms with Crippen LogP contribution in [0.5, 0.6) is 0 Å². The highest BCUT2D eigenvalue weighted by Gasteiger charge is 2.29. The molecule has 0 amide bonds. The van der Waals surface area contributed by atoms with Crippen molar-refractivity contribution in [3.63, 3.8) is 0 Å². The lowest BCUT2D eigenvalue weighted by molar-refractivity contribution is 0.465. The van der Waals surface area contributed by atoms with Gasteiger partial charge in [0.25, 0.3) is 0 Å². The molecule has 0 fully saturated rings. The first kappa shape index (κ1) is 16.2. The Hall–Kier alpha value is -3.02. The molecule has 4 aromatic rings. The van der Waals surface area contributed by atoms with Gasteiger partial charge in [-0.2, -0.15) is 5.10 Å². The van der Waals surface area contributed by atoms with Gasteiger partial charge in [0.2, 0.25) is 0 Å². The van der Waals surface area contributed by atoms with Crippen molar-refractivity contribution in [1.29, 1.82) is 0 Å². The predicted octanol–water partition coefficient (Wildman–Crippen LogP) is 3.55. The normalized spacial score (nSPS) is 15.6. The smallest absolute Gasteiger partial charge is 0.164 e. The molecule has 0 aliphatic carbocycles. The van der Waals surface area contributed by atoms with Crippen molar-refractivity contribution in [2.24, 2.45) is 0 Å². The highest BCUT2D eigenvalue weighted by molar-refractivity contribution is 5.90. The second-order valence-corrected chi connectivity index (χ2v) is 7.81. The molecule has 1 aliphatic rings. The molecule has 4 aromatic heterocycles. The van der Waals surface area contributed by atoms with E-state index in [9.17, 15) is 0 Å². The minimum absolute atomic E-state index is 0.115. The molecule has 0 saturated carbocycles. The lowest BCUT2D eigenvalue weighted by Crippen LogP contribution is -2.29. The van der Waals surface area contributed by atoms with Crippen molar-refractivity contribution < 1.29 is 0 Å². The maximum Gasteiger partial charge on any atom is 0.164 e. The quantitative estimate of drug-likeness (QED) is 0.607. The van der Waals surface area contributed by atoms with Crippen molar-refractivity contribution in [1.82, 2.24) is 24.6 Å². The first-order chi connectivity index (χ1) is 13.1. The Labute approximate surface area is 157 Å². The highest BCUT2D eigenvalue weighted by atomic mass is 15.3. The number of pyridine rings is 3. The van der Waals surface area contributed by atoms with Crippen molar-refractivity contribution >= 4 is 22.2 Å². The van der Waals surface area contributed by atoms with Crippen LogP contribution in [0.15, 0.2) is 42.7 Å². The summed E-state index contributed by atoms with van der Waals surface area (Å²) < 4.78 is 1.84. The van der Waals surface area contributed by atoms with Crippen LogP contribution in [0.25, 0.3) is 16.6 Å². The molecule has 5 heterocycles. The van der Waals surface area contributed by atoms with Crippen molar-refractivity contribution in [2.45, 2.75) is 38.5 Å². The van der Waals surface area contributed by atoms with Crippen LogP contribution in [-0.2, 0) is 18.3 Å². The van der Waals surface area contributed by atoms with Crippen molar-refractivity contribution in [2.75, 3.05) is 11.9 Å². The Balaban J connectivity index is 1.43. The van der Waals surface area contributed by atoms with E-state index in [1.54, 1.807) is 6.20 Å². The summed E-state index contributed by atoms with van der Waals surface area (Å²) in [7, 11) is 0. The standard InChI is InChI=1S/C21H22N6/c1-21(2)10-12-23-17-7-5-14(24-19(17)21)6-8-18-25-20-15-4-3-11-22-16(15)9-13-27(20)26-18/h3-5,7,9,11,13,23H,6,8,10,12H2,1-2H3. The Kier molecular flexibility index (Phi) is 3.60.